The first-order valence-electron chi connectivity index (χ1n) is 6.10. The van der Waals surface area contributed by atoms with E-state index in [0.29, 0.717) is 13.0 Å². The zero-order chi connectivity index (χ0) is 13.2. The molecule has 0 N–H and O–H groups in total. The normalized spacial score (nSPS) is 9.89. The molecule has 0 fully saturated rings. The van der Waals surface area contributed by atoms with Gasteiger partial charge in [-0.2, -0.15) is 0 Å². The summed E-state index contributed by atoms with van der Waals surface area (Å²) in [7, 11) is 3.04. The maximum absolute atomic E-state index is 10.9. The minimum absolute atomic E-state index is 0.149. The third-order valence-corrected chi connectivity index (χ3v) is 2.56. The molecule has 0 unspecified atom stereocenters. The molecule has 0 aliphatic carbocycles. The summed E-state index contributed by atoms with van der Waals surface area (Å²) in [5.74, 6) is 1.45. The van der Waals surface area contributed by atoms with Crippen molar-refractivity contribution in [3.63, 3.8) is 0 Å². The number of benzene rings is 1. The molecule has 0 saturated carbocycles. The van der Waals surface area contributed by atoms with Crippen molar-refractivity contribution in [2.75, 3.05) is 20.8 Å². The van der Waals surface area contributed by atoms with E-state index in [-0.39, 0.29) is 5.97 Å². The Kier molecular flexibility index (Phi) is 6.69. The first kappa shape index (κ1) is 14.4. The van der Waals surface area contributed by atoms with E-state index in [0.717, 1.165) is 30.8 Å². The molecule has 0 aromatic heterocycles. The predicted molar refractivity (Wildman–Crippen MR) is 69.0 cm³/mol. The molecule has 0 bridgehead atoms. The topological polar surface area (TPSA) is 44.8 Å². The molecule has 0 radical (unpaired) electrons. The summed E-state index contributed by atoms with van der Waals surface area (Å²) < 4.78 is 15.3. The monoisotopic (exact) mass is 252 g/mol. The van der Waals surface area contributed by atoms with E-state index in [4.69, 9.17) is 9.47 Å². The molecule has 0 saturated heterocycles. The Hall–Kier alpha value is -1.71. The zero-order valence-electron chi connectivity index (χ0n) is 11.0. The first-order valence-corrected chi connectivity index (χ1v) is 6.10. The van der Waals surface area contributed by atoms with Gasteiger partial charge < -0.3 is 14.2 Å². The molecule has 0 atom stereocenters. The number of hydrogen-bond acceptors (Lipinski definition) is 4. The molecule has 1 aromatic carbocycles. The lowest BCUT2D eigenvalue weighted by molar-refractivity contribution is -0.140. The summed E-state index contributed by atoms with van der Waals surface area (Å²) in [6.07, 6.45) is 3.21. The molecule has 1 aromatic rings. The second-order valence-corrected chi connectivity index (χ2v) is 3.91. The Morgan fingerprint density at radius 2 is 1.89 bits per heavy atom. The van der Waals surface area contributed by atoms with Crippen LogP contribution < -0.4 is 9.47 Å². The molecule has 0 aliphatic heterocycles. The Morgan fingerprint density at radius 1 is 1.11 bits per heavy atom. The van der Waals surface area contributed by atoms with Crippen LogP contribution in [-0.2, 0) is 9.53 Å². The number of hydrogen-bond donors (Lipinski definition) is 0. The smallest absolute Gasteiger partial charge is 0.305 e. The van der Waals surface area contributed by atoms with Gasteiger partial charge in [0.15, 0.2) is 0 Å². The highest BCUT2D eigenvalue weighted by atomic mass is 16.5. The maximum atomic E-state index is 10.9. The van der Waals surface area contributed by atoms with Crippen molar-refractivity contribution in [1.82, 2.24) is 0 Å². The summed E-state index contributed by atoms with van der Waals surface area (Å²) in [4.78, 5) is 10.9. The fourth-order valence-corrected chi connectivity index (χ4v) is 1.53. The molecule has 0 aliphatic rings. The molecular formula is C14H20O4. The van der Waals surface area contributed by atoms with Crippen LogP contribution in [0.3, 0.4) is 0 Å². The number of esters is 1. The van der Waals surface area contributed by atoms with E-state index in [2.05, 4.69) is 4.74 Å². The standard InChI is InChI=1S/C14H20O4/c1-16-12-7-6-8-13(11-12)18-10-5-3-4-9-14(15)17-2/h6-8,11H,3-5,9-10H2,1-2H3. The maximum Gasteiger partial charge on any atom is 0.305 e. The first-order chi connectivity index (χ1) is 8.76. The van der Waals surface area contributed by atoms with Gasteiger partial charge in [0.05, 0.1) is 20.8 Å². The Morgan fingerprint density at radius 3 is 2.61 bits per heavy atom. The van der Waals surface area contributed by atoms with E-state index in [1.165, 1.54) is 7.11 Å². The van der Waals surface area contributed by atoms with Gasteiger partial charge in [-0.3, -0.25) is 4.79 Å². The van der Waals surface area contributed by atoms with E-state index in [9.17, 15) is 4.79 Å². The van der Waals surface area contributed by atoms with Crippen LogP contribution in [0.25, 0.3) is 0 Å². The summed E-state index contributed by atoms with van der Waals surface area (Å²) in [6, 6.07) is 7.53. The highest BCUT2D eigenvalue weighted by Crippen LogP contribution is 2.19. The quantitative estimate of drug-likeness (QED) is 0.527. The molecule has 0 heterocycles. The van der Waals surface area contributed by atoms with Crippen molar-refractivity contribution >= 4 is 5.97 Å². The van der Waals surface area contributed by atoms with Crippen LogP contribution in [0.4, 0.5) is 0 Å². The molecular weight excluding hydrogens is 232 g/mol. The van der Waals surface area contributed by atoms with E-state index in [1.807, 2.05) is 24.3 Å². The van der Waals surface area contributed by atoms with E-state index >= 15 is 0 Å². The number of rotatable bonds is 8. The van der Waals surface area contributed by atoms with Crippen LogP contribution in [0.1, 0.15) is 25.7 Å². The van der Waals surface area contributed by atoms with Gasteiger partial charge in [0.2, 0.25) is 0 Å². The Balaban J connectivity index is 2.12. The van der Waals surface area contributed by atoms with Gasteiger partial charge in [-0.25, -0.2) is 0 Å². The second kappa shape index (κ2) is 8.39. The van der Waals surface area contributed by atoms with Crippen LogP contribution in [0.15, 0.2) is 24.3 Å². The fraction of sp³-hybridized carbons (Fsp3) is 0.500. The second-order valence-electron chi connectivity index (χ2n) is 3.91. The van der Waals surface area contributed by atoms with Crippen LogP contribution in [0, 0.1) is 0 Å². The minimum atomic E-state index is -0.149. The summed E-state index contributed by atoms with van der Waals surface area (Å²) in [5.41, 5.74) is 0. The Labute approximate surface area is 108 Å². The van der Waals surface area contributed by atoms with Crippen molar-refractivity contribution in [1.29, 1.82) is 0 Å². The molecule has 4 nitrogen and oxygen atoms in total. The zero-order valence-corrected chi connectivity index (χ0v) is 11.0. The number of unbranched alkanes of at least 4 members (excludes halogenated alkanes) is 2. The van der Waals surface area contributed by atoms with E-state index in [1.54, 1.807) is 7.11 Å². The largest absolute Gasteiger partial charge is 0.497 e. The fourth-order valence-electron chi connectivity index (χ4n) is 1.53. The third kappa shape index (κ3) is 5.57. The summed E-state index contributed by atoms with van der Waals surface area (Å²) in [6.45, 7) is 0.647. The molecule has 18 heavy (non-hydrogen) atoms. The highest BCUT2D eigenvalue weighted by Gasteiger charge is 2.00. The molecule has 4 heteroatoms. The van der Waals surface area contributed by atoms with E-state index < -0.39 is 0 Å². The van der Waals surface area contributed by atoms with Crippen LogP contribution >= 0.6 is 0 Å². The molecule has 1 rings (SSSR count). The van der Waals surface area contributed by atoms with Crippen LogP contribution in [-0.4, -0.2) is 26.8 Å². The number of methoxy groups -OCH3 is 2. The Bertz CT molecular complexity index is 363. The SMILES string of the molecule is COC(=O)CCCCCOc1cccc(OC)c1. The molecule has 100 valence electrons. The summed E-state index contributed by atoms with van der Waals surface area (Å²) >= 11 is 0. The van der Waals surface area contributed by atoms with Gasteiger partial charge >= 0.3 is 5.97 Å². The van der Waals surface area contributed by atoms with Gasteiger partial charge in [0, 0.05) is 12.5 Å². The van der Waals surface area contributed by atoms with Crippen molar-refractivity contribution in [2.45, 2.75) is 25.7 Å². The van der Waals surface area contributed by atoms with Crippen molar-refractivity contribution in [3.8, 4) is 11.5 Å². The van der Waals surface area contributed by atoms with Crippen molar-refractivity contribution in [2.24, 2.45) is 0 Å². The predicted octanol–water partition coefficient (Wildman–Crippen LogP) is 2.81. The number of carbonyl (C=O) groups excluding carboxylic acids is 1. The van der Waals surface area contributed by atoms with Gasteiger partial charge in [0.1, 0.15) is 11.5 Å². The minimum Gasteiger partial charge on any atom is -0.497 e. The van der Waals surface area contributed by atoms with Gasteiger partial charge in [-0.1, -0.05) is 6.07 Å². The number of carbonyl (C=O) groups is 1. The van der Waals surface area contributed by atoms with Crippen LogP contribution in [0.2, 0.25) is 0 Å². The lowest BCUT2D eigenvalue weighted by Crippen LogP contribution is -2.01. The van der Waals surface area contributed by atoms with Gasteiger partial charge in [0.25, 0.3) is 0 Å². The van der Waals surface area contributed by atoms with Crippen molar-refractivity contribution < 1.29 is 19.0 Å². The highest BCUT2D eigenvalue weighted by molar-refractivity contribution is 5.68. The molecule has 0 amide bonds. The van der Waals surface area contributed by atoms with Gasteiger partial charge in [-0.05, 0) is 31.4 Å². The van der Waals surface area contributed by atoms with Crippen LogP contribution in [0.5, 0.6) is 11.5 Å². The van der Waals surface area contributed by atoms with Gasteiger partial charge in [-0.15, -0.1) is 0 Å². The molecule has 0 spiro atoms. The average molecular weight is 252 g/mol. The number of ether oxygens (including phenoxy) is 3. The summed E-state index contributed by atoms with van der Waals surface area (Å²) in [5, 5.41) is 0. The van der Waals surface area contributed by atoms with Crippen molar-refractivity contribution in [3.05, 3.63) is 24.3 Å². The lowest BCUT2D eigenvalue weighted by Gasteiger charge is -2.07. The third-order valence-electron chi connectivity index (χ3n) is 2.56. The average Bonchev–Trinajstić information content (AvgIpc) is 2.42. The lowest BCUT2D eigenvalue weighted by atomic mass is 10.2.